The molecule has 0 aromatic heterocycles. The number of allylic oxidation sites excluding steroid dienone is 2. The highest BCUT2D eigenvalue weighted by Gasteiger charge is 2.77. The highest BCUT2D eigenvalue weighted by Crippen LogP contribution is 2.76. The highest BCUT2D eigenvalue weighted by atomic mass is 16.8. The van der Waals surface area contributed by atoms with Gasteiger partial charge < -0.3 is 157 Å². The summed E-state index contributed by atoms with van der Waals surface area (Å²) < 4.78 is 95.9. The van der Waals surface area contributed by atoms with Crippen molar-refractivity contribution < 1.29 is 167 Å². The molecule has 1 spiro atoms. The van der Waals surface area contributed by atoms with Crippen molar-refractivity contribution in [2.24, 2.45) is 45.3 Å². The van der Waals surface area contributed by atoms with E-state index in [-0.39, 0.29) is 41.0 Å². The van der Waals surface area contributed by atoms with Crippen LogP contribution in [0.3, 0.4) is 0 Å². The summed E-state index contributed by atoms with van der Waals surface area (Å²) in [6.07, 6.45) is -44.5. The van der Waals surface area contributed by atoms with E-state index in [0.717, 1.165) is 20.0 Å². The second kappa shape index (κ2) is 32.1. The van der Waals surface area contributed by atoms with E-state index >= 15 is 0 Å². The van der Waals surface area contributed by atoms with Crippen LogP contribution < -0.4 is 0 Å². The number of hydrogen-bond donors (Lipinski definition) is 16. The third-order valence-corrected chi connectivity index (χ3v) is 25.2. The Labute approximate surface area is 597 Å². The molecule has 7 heterocycles. The average molecular weight is 1490 g/mol. The van der Waals surface area contributed by atoms with Crippen molar-refractivity contribution in [2.75, 3.05) is 53.9 Å². The van der Waals surface area contributed by atoms with Gasteiger partial charge in [0, 0.05) is 38.9 Å². The maximum atomic E-state index is 14.8. The summed E-state index contributed by atoms with van der Waals surface area (Å²) in [6.45, 7) is 11.3. The van der Waals surface area contributed by atoms with Gasteiger partial charge in [0.1, 0.15) is 152 Å². The van der Waals surface area contributed by atoms with Gasteiger partial charge >= 0.3 is 11.9 Å². The van der Waals surface area contributed by atoms with E-state index in [9.17, 15) is 91.3 Å². The quantitative estimate of drug-likeness (QED) is 0.0320. The number of aliphatic hydroxyl groups is 16. The second-order valence-electron chi connectivity index (χ2n) is 31.9. The first-order valence-corrected chi connectivity index (χ1v) is 36.2. The minimum atomic E-state index is -2.19. The summed E-state index contributed by atoms with van der Waals surface area (Å²) in [4.78, 5) is 27.2. The molecule has 38 unspecified atom stereocenters. The van der Waals surface area contributed by atoms with Gasteiger partial charge in [0.15, 0.2) is 37.7 Å². The monoisotopic (exact) mass is 1480 g/mol. The standard InChI is InChI=1S/C69H112O34/c1-27(2)19-29(91-28(3)75)20-68(8)39-14-17-67(7)31-11-12-38-65(4,5)40(15-16-66(38,6)30(31)13-18-69(39,67)64(87)103-68)98-63-57(45(80)37(26-90-63)97-59-50(85)55(43(78)34(23-72)92-59)100-60-48(83)53(88-9)41(76)32(21-70)93-60)102-58-47(82)46(81)52(36(25-74)96-58)99-62-51(86)56(44(79)35(24-73)95-62)101-61-49(84)54(89-10)42(77)33(22-71)94-61/h11,27,29-30,32-63,70-74,76-86H,12-26H2,1-10H3. The van der Waals surface area contributed by atoms with Crippen LogP contribution in [-0.2, 0) is 85.4 Å². The summed E-state index contributed by atoms with van der Waals surface area (Å²) in [5.41, 5.74) is -1.99. The van der Waals surface area contributed by atoms with Crippen molar-refractivity contribution in [3.63, 3.8) is 0 Å². The topological polar surface area (TPSA) is 506 Å². The number of esters is 2. The van der Waals surface area contributed by atoms with Crippen molar-refractivity contribution in [3.8, 4) is 0 Å². The Kier molecular flexibility index (Phi) is 25.4. The number of hydrogen-bond acceptors (Lipinski definition) is 34. The molecule has 38 atom stereocenters. The summed E-state index contributed by atoms with van der Waals surface area (Å²) in [6, 6.07) is 0. The van der Waals surface area contributed by atoms with Crippen molar-refractivity contribution in [1.82, 2.24) is 0 Å². The highest BCUT2D eigenvalue weighted by molar-refractivity contribution is 5.83. The molecule has 10 fully saturated rings. The fraction of sp³-hybridized carbons (Fsp3) is 0.942. The first-order valence-electron chi connectivity index (χ1n) is 36.2. The van der Waals surface area contributed by atoms with Gasteiger partial charge in [0.05, 0.1) is 51.2 Å². The third-order valence-electron chi connectivity index (χ3n) is 25.2. The molecule has 11 rings (SSSR count). The minimum Gasteiger partial charge on any atom is -0.462 e. The average Bonchev–Trinajstić information content (AvgIpc) is 1.52. The molecule has 0 radical (unpaired) electrons. The number of carbonyl (C=O) groups excluding carboxylic acids is 2. The number of rotatable bonds is 24. The number of methoxy groups -OCH3 is 2. The second-order valence-corrected chi connectivity index (χ2v) is 31.9. The van der Waals surface area contributed by atoms with Crippen molar-refractivity contribution in [3.05, 3.63) is 11.6 Å². The fourth-order valence-corrected chi connectivity index (χ4v) is 19.8. The van der Waals surface area contributed by atoms with Gasteiger partial charge in [-0.3, -0.25) is 9.59 Å². The van der Waals surface area contributed by atoms with Crippen LogP contribution >= 0.6 is 0 Å². The Balaban J connectivity index is 0.845. The lowest BCUT2D eigenvalue weighted by Crippen LogP contribution is -2.68. The van der Waals surface area contributed by atoms with Crippen LogP contribution in [0.2, 0.25) is 0 Å². The molecule has 7 saturated heterocycles. The van der Waals surface area contributed by atoms with E-state index in [4.69, 9.17) is 75.8 Å². The van der Waals surface area contributed by atoms with Crippen LogP contribution in [0.1, 0.15) is 113 Å². The van der Waals surface area contributed by atoms with Crippen LogP contribution in [0.5, 0.6) is 0 Å². The minimum absolute atomic E-state index is 0.0542. The van der Waals surface area contributed by atoms with Crippen molar-refractivity contribution in [1.29, 1.82) is 0 Å². The Morgan fingerprint density at radius 2 is 0.981 bits per heavy atom. The van der Waals surface area contributed by atoms with Crippen LogP contribution in [0.25, 0.3) is 0 Å². The largest absolute Gasteiger partial charge is 0.462 e. The lowest BCUT2D eigenvalue weighted by molar-refractivity contribution is -0.399. The number of carbonyl (C=O) groups is 2. The first kappa shape index (κ1) is 81.5. The van der Waals surface area contributed by atoms with Crippen LogP contribution in [0, 0.1) is 45.3 Å². The summed E-state index contributed by atoms with van der Waals surface area (Å²) in [5, 5.41) is 179. The molecule has 34 heteroatoms. The normalized spacial score (nSPS) is 50.8. The van der Waals surface area contributed by atoms with E-state index < -0.39 is 252 Å². The summed E-state index contributed by atoms with van der Waals surface area (Å²) >= 11 is 0. The van der Waals surface area contributed by atoms with E-state index in [1.807, 2.05) is 6.92 Å². The molecule has 11 aliphatic rings. The zero-order valence-corrected chi connectivity index (χ0v) is 59.9. The molecule has 0 aromatic rings. The molecular weight excluding hydrogens is 1370 g/mol. The van der Waals surface area contributed by atoms with Gasteiger partial charge in [-0.1, -0.05) is 53.2 Å². The van der Waals surface area contributed by atoms with Crippen LogP contribution in [0.15, 0.2) is 11.6 Å². The zero-order valence-electron chi connectivity index (χ0n) is 59.9. The van der Waals surface area contributed by atoms with Gasteiger partial charge in [-0.25, -0.2) is 0 Å². The number of aliphatic hydroxyl groups excluding tert-OH is 16. The number of cyclic esters (lactones) is 1. The van der Waals surface area contributed by atoms with E-state index in [1.54, 1.807) is 0 Å². The maximum absolute atomic E-state index is 14.8. The lowest BCUT2D eigenvalue weighted by Gasteiger charge is -2.64. The Morgan fingerprint density at radius 3 is 1.48 bits per heavy atom. The smallest absolute Gasteiger partial charge is 0.313 e. The lowest BCUT2D eigenvalue weighted by atomic mass is 9.41. The molecule has 7 aliphatic heterocycles. The molecule has 103 heavy (non-hydrogen) atoms. The fourth-order valence-electron chi connectivity index (χ4n) is 19.8. The van der Waals surface area contributed by atoms with Gasteiger partial charge in [0.25, 0.3) is 0 Å². The Hall–Kier alpha value is -2.52. The molecule has 0 aromatic carbocycles. The van der Waals surface area contributed by atoms with Crippen molar-refractivity contribution in [2.45, 2.75) is 309 Å². The Morgan fingerprint density at radius 1 is 0.515 bits per heavy atom. The molecular formula is C69H112O34. The Bertz CT molecular complexity index is 2880. The molecule has 34 nitrogen and oxygen atoms in total. The number of fused-ring (bicyclic) bond motifs is 4. The summed E-state index contributed by atoms with van der Waals surface area (Å²) in [7, 11) is 2.34. The van der Waals surface area contributed by atoms with Crippen LogP contribution in [0.4, 0.5) is 0 Å². The molecule has 16 N–H and O–H groups in total. The predicted octanol–water partition coefficient (Wildman–Crippen LogP) is -4.49. The van der Waals surface area contributed by atoms with Gasteiger partial charge in [-0.15, -0.1) is 0 Å². The molecule has 592 valence electrons. The summed E-state index contributed by atoms with van der Waals surface area (Å²) in [5.74, 6) is -0.491. The van der Waals surface area contributed by atoms with E-state index in [2.05, 4.69) is 47.6 Å². The van der Waals surface area contributed by atoms with Crippen molar-refractivity contribution >= 4 is 11.9 Å². The molecule has 0 amide bonds. The molecule has 3 saturated carbocycles. The first-order chi connectivity index (χ1) is 48.7. The SMILES string of the molecule is COC1C(O)C(CO)OC(OC2C(O)C(CO)OC(OC3COC(OC4CCC5(C)C6CCC78C(=O)OC(C)(CC(CC(C)C)OC(C)=O)C7CCC8(C)C6=CCC5C4(C)C)C(OC4OC(CO)C(OC5OC(CO)C(O)C(OC6OC(CO)C(O)C(OC)C6O)C5O)C(O)C4O)C3O)C2O)C1O. The van der Waals surface area contributed by atoms with Gasteiger partial charge in [0.2, 0.25) is 0 Å². The molecule has 0 bridgehead atoms. The van der Waals surface area contributed by atoms with Gasteiger partial charge in [-0.2, -0.15) is 0 Å². The van der Waals surface area contributed by atoms with E-state index in [1.165, 1.54) is 19.6 Å². The predicted molar refractivity (Wildman–Crippen MR) is 343 cm³/mol. The van der Waals surface area contributed by atoms with E-state index in [0.29, 0.717) is 44.9 Å². The third kappa shape index (κ3) is 14.6. The molecule has 4 aliphatic carbocycles. The maximum Gasteiger partial charge on any atom is 0.313 e. The van der Waals surface area contributed by atoms with Crippen LogP contribution in [-0.4, -0.2) is 343 Å². The zero-order chi connectivity index (χ0) is 75.1. The number of ether oxygens (including phenoxy) is 16. The van der Waals surface area contributed by atoms with Gasteiger partial charge in [-0.05, 0) is 86.9 Å².